The van der Waals surface area contributed by atoms with E-state index in [1.54, 1.807) is 16.8 Å². The summed E-state index contributed by atoms with van der Waals surface area (Å²) in [4.78, 5) is 15.9. The smallest absolute Gasteiger partial charge is 0.336 e. The Morgan fingerprint density at radius 3 is 2.73 bits per heavy atom. The Hall–Kier alpha value is -3.64. The average Bonchev–Trinajstić information content (AvgIpc) is 3.31. The molecule has 7 heteroatoms. The number of carboxylic acids is 1. The number of aromatic carboxylic acids is 1. The fourth-order valence-electron chi connectivity index (χ4n) is 3.83. The number of nitrogens with zero attached hydrogens (tertiary/aromatic N) is 3. The molecule has 0 bridgehead atoms. The van der Waals surface area contributed by atoms with E-state index in [4.69, 9.17) is 21.4 Å². The van der Waals surface area contributed by atoms with Gasteiger partial charge in [0.05, 0.1) is 17.0 Å². The van der Waals surface area contributed by atoms with Crippen molar-refractivity contribution in [1.82, 2.24) is 14.8 Å². The highest BCUT2D eigenvalue weighted by Gasteiger charge is 2.25. The zero-order valence-corrected chi connectivity index (χ0v) is 16.7. The highest BCUT2D eigenvalue weighted by atomic mass is 35.5. The highest BCUT2D eigenvalue weighted by molar-refractivity contribution is 6.30. The van der Waals surface area contributed by atoms with E-state index in [9.17, 15) is 9.90 Å². The highest BCUT2D eigenvalue weighted by Crippen LogP contribution is 2.38. The Balaban J connectivity index is 1.57. The number of allylic oxidation sites excluding steroid dienone is 1. The van der Waals surface area contributed by atoms with Gasteiger partial charge in [0.2, 0.25) is 0 Å². The van der Waals surface area contributed by atoms with Gasteiger partial charge in [-0.25, -0.2) is 4.79 Å². The largest absolute Gasteiger partial charge is 0.478 e. The number of pyridine rings is 1. The molecule has 1 aliphatic rings. The van der Waals surface area contributed by atoms with Gasteiger partial charge in [-0.15, -0.1) is 0 Å². The first-order chi connectivity index (χ1) is 14.5. The number of fused-ring (bicyclic) bond motifs is 2. The van der Waals surface area contributed by atoms with E-state index in [0.29, 0.717) is 34.2 Å². The molecule has 0 unspecified atom stereocenters. The lowest BCUT2D eigenvalue weighted by atomic mass is 10.0. The summed E-state index contributed by atoms with van der Waals surface area (Å²) in [5.74, 6) is 0.404. The first-order valence-corrected chi connectivity index (χ1v) is 9.70. The molecule has 4 aromatic rings. The van der Waals surface area contributed by atoms with Gasteiger partial charge in [-0.05, 0) is 53.6 Å². The van der Waals surface area contributed by atoms with E-state index in [1.165, 1.54) is 12.3 Å². The van der Waals surface area contributed by atoms with Crippen LogP contribution in [0.1, 0.15) is 27.3 Å². The number of aromatic nitrogens is 3. The number of ether oxygens (including phenoxy) is 1. The lowest BCUT2D eigenvalue weighted by molar-refractivity contribution is 0.0695. The zero-order valence-electron chi connectivity index (χ0n) is 16.0. The van der Waals surface area contributed by atoms with E-state index in [1.807, 2.05) is 43.5 Å². The quantitative estimate of drug-likeness (QED) is 0.493. The molecule has 6 nitrogen and oxygen atoms in total. The number of carbonyl (C=O) groups is 1. The molecule has 30 heavy (non-hydrogen) atoms. The van der Waals surface area contributed by atoms with Crippen molar-refractivity contribution in [3.8, 4) is 11.5 Å². The average molecular weight is 418 g/mol. The minimum Gasteiger partial charge on any atom is -0.478 e. The summed E-state index contributed by atoms with van der Waals surface area (Å²) in [6.07, 6.45) is 3.91. The van der Waals surface area contributed by atoms with E-state index < -0.39 is 5.97 Å². The molecule has 0 atom stereocenters. The summed E-state index contributed by atoms with van der Waals surface area (Å²) in [6.45, 7) is 0. The summed E-state index contributed by atoms with van der Waals surface area (Å²) in [5, 5.41) is 15.8. The summed E-state index contributed by atoms with van der Waals surface area (Å²) < 4.78 is 7.87. The molecule has 1 N–H and O–H groups in total. The third-order valence-corrected chi connectivity index (χ3v) is 5.42. The Labute approximate surface area is 177 Å². The summed E-state index contributed by atoms with van der Waals surface area (Å²) >= 11 is 5.96. The van der Waals surface area contributed by atoms with Crippen molar-refractivity contribution in [3.63, 3.8) is 0 Å². The normalized spacial score (nSPS) is 12.7. The second-order valence-corrected chi connectivity index (χ2v) is 7.49. The van der Waals surface area contributed by atoms with Crippen LogP contribution in [0.15, 0.2) is 54.7 Å². The lowest BCUT2D eigenvalue weighted by Crippen LogP contribution is -2.03. The summed E-state index contributed by atoms with van der Waals surface area (Å²) in [7, 11) is 1.87. The zero-order chi connectivity index (χ0) is 20.8. The minimum absolute atomic E-state index is 0.276. The fourth-order valence-corrected chi connectivity index (χ4v) is 3.95. The van der Waals surface area contributed by atoms with Gasteiger partial charge in [-0.3, -0.25) is 9.67 Å². The van der Waals surface area contributed by atoms with Gasteiger partial charge in [-0.1, -0.05) is 23.7 Å². The molecule has 0 saturated carbocycles. The van der Waals surface area contributed by atoms with Crippen molar-refractivity contribution in [3.05, 3.63) is 82.3 Å². The van der Waals surface area contributed by atoms with E-state index in [0.717, 1.165) is 22.2 Å². The van der Waals surface area contributed by atoms with Gasteiger partial charge >= 0.3 is 5.97 Å². The van der Waals surface area contributed by atoms with Crippen LogP contribution in [0.25, 0.3) is 22.6 Å². The number of para-hydroxylation sites is 1. The minimum atomic E-state index is -0.951. The standard InChI is InChI=1S/C23H16ClN3O3/c1-27-22-17(3-2-4-20(22)30-15-7-5-14(24)6-8-15)21(26-27)13-11-18-16(23(28)29)9-10-25-19(18)12-13/h2-10,12H,11H2,1H3,(H,28,29). The number of hydrogen-bond donors (Lipinski definition) is 1. The maximum absolute atomic E-state index is 11.6. The molecular weight excluding hydrogens is 402 g/mol. The number of aryl methyl sites for hydroxylation is 1. The van der Waals surface area contributed by atoms with Crippen molar-refractivity contribution < 1.29 is 14.6 Å². The second kappa shape index (κ2) is 7.00. The predicted molar refractivity (Wildman–Crippen MR) is 115 cm³/mol. The Morgan fingerprint density at radius 1 is 1.17 bits per heavy atom. The number of carboxylic acid groups (broad SMARTS) is 1. The maximum Gasteiger partial charge on any atom is 0.336 e. The third kappa shape index (κ3) is 3.02. The van der Waals surface area contributed by atoms with Crippen molar-refractivity contribution in [2.45, 2.75) is 6.42 Å². The first-order valence-electron chi connectivity index (χ1n) is 9.32. The Bertz CT molecular complexity index is 1340. The van der Waals surface area contributed by atoms with Crippen LogP contribution in [-0.4, -0.2) is 25.8 Å². The van der Waals surface area contributed by atoms with E-state index in [2.05, 4.69) is 4.98 Å². The Kier molecular flexibility index (Phi) is 4.29. The van der Waals surface area contributed by atoms with Gasteiger partial charge in [-0.2, -0.15) is 5.10 Å². The van der Waals surface area contributed by atoms with Crippen LogP contribution < -0.4 is 4.74 Å². The molecule has 0 amide bonds. The van der Waals surface area contributed by atoms with Crippen molar-refractivity contribution in [2.24, 2.45) is 7.05 Å². The number of hydrogen-bond acceptors (Lipinski definition) is 4. The van der Waals surface area contributed by atoms with Crippen LogP contribution in [-0.2, 0) is 13.5 Å². The second-order valence-electron chi connectivity index (χ2n) is 7.05. The predicted octanol–water partition coefficient (Wildman–Crippen LogP) is 5.21. The summed E-state index contributed by atoms with van der Waals surface area (Å²) in [6, 6.07) is 14.5. The molecule has 0 fully saturated rings. The van der Waals surface area contributed by atoms with E-state index >= 15 is 0 Å². The molecule has 2 heterocycles. The SMILES string of the molecule is Cn1nc(C2=Cc3nccc(C(=O)O)c3C2)c2cccc(Oc3ccc(Cl)cc3)c21. The molecule has 0 spiro atoms. The molecule has 148 valence electrons. The number of rotatable bonds is 4. The monoisotopic (exact) mass is 417 g/mol. The fraction of sp³-hybridized carbons (Fsp3) is 0.0870. The van der Waals surface area contributed by atoms with Gasteiger partial charge in [0.1, 0.15) is 11.3 Å². The molecule has 5 rings (SSSR count). The lowest BCUT2D eigenvalue weighted by Gasteiger charge is -2.08. The van der Waals surface area contributed by atoms with Gasteiger partial charge in [0, 0.05) is 30.1 Å². The molecule has 0 radical (unpaired) electrons. The van der Waals surface area contributed by atoms with Gasteiger partial charge in [0.15, 0.2) is 5.75 Å². The Morgan fingerprint density at radius 2 is 1.97 bits per heavy atom. The van der Waals surface area contributed by atoms with Crippen molar-refractivity contribution in [2.75, 3.05) is 0 Å². The maximum atomic E-state index is 11.6. The van der Waals surface area contributed by atoms with Crippen molar-refractivity contribution >= 4 is 40.1 Å². The number of halogens is 1. The van der Waals surface area contributed by atoms with Crippen LogP contribution >= 0.6 is 11.6 Å². The molecule has 2 aromatic heterocycles. The van der Waals surface area contributed by atoms with Crippen molar-refractivity contribution in [1.29, 1.82) is 0 Å². The van der Waals surface area contributed by atoms with E-state index in [-0.39, 0.29) is 5.56 Å². The van der Waals surface area contributed by atoms with Gasteiger partial charge < -0.3 is 9.84 Å². The van der Waals surface area contributed by atoms with Gasteiger partial charge in [0.25, 0.3) is 0 Å². The number of benzene rings is 2. The molecular formula is C23H16ClN3O3. The first kappa shape index (κ1) is 18.4. The molecule has 1 aliphatic carbocycles. The molecule has 2 aromatic carbocycles. The van der Waals surface area contributed by atoms with Crippen LogP contribution in [0.4, 0.5) is 0 Å². The molecule has 0 aliphatic heterocycles. The van der Waals surface area contributed by atoms with Crippen LogP contribution in [0.3, 0.4) is 0 Å². The van der Waals surface area contributed by atoms with Crippen LogP contribution in [0, 0.1) is 0 Å². The summed E-state index contributed by atoms with van der Waals surface area (Å²) in [5.41, 5.74) is 4.25. The van der Waals surface area contributed by atoms with Crippen LogP contribution in [0.2, 0.25) is 5.02 Å². The van der Waals surface area contributed by atoms with Crippen LogP contribution in [0.5, 0.6) is 11.5 Å². The third-order valence-electron chi connectivity index (χ3n) is 5.17. The topological polar surface area (TPSA) is 77.2 Å². The molecule has 0 saturated heterocycles.